The molecule has 0 unspecified atom stereocenters. The fourth-order valence-electron chi connectivity index (χ4n) is 3.29. The van der Waals surface area contributed by atoms with Gasteiger partial charge in [-0.15, -0.1) is 22.7 Å². The fourth-order valence-corrected chi connectivity index (χ4v) is 4.94. The predicted molar refractivity (Wildman–Crippen MR) is 132 cm³/mol. The van der Waals surface area contributed by atoms with Crippen LogP contribution in [0.25, 0.3) is 10.6 Å². The van der Waals surface area contributed by atoms with Crippen molar-refractivity contribution in [1.29, 1.82) is 0 Å². The van der Waals surface area contributed by atoms with Gasteiger partial charge in [0.05, 0.1) is 21.1 Å². The highest BCUT2D eigenvalue weighted by Crippen LogP contribution is 2.29. The Bertz CT molecular complexity index is 1280. The molecule has 0 spiro atoms. The van der Waals surface area contributed by atoms with E-state index in [-0.39, 0.29) is 12.5 Å². The zero-order chi connectivity index (χ0) is 23.2. The number of nitrogens with one attached hydrogen (secondary N) is 1. The van der Waals surface area contributed by atoms with Gasteiger partial charge in [0.2, 0.25) is 0 Å². The number of carbonyl (C=O) groups is 2. The van der Waals surface area contributed by atoms with Crippen molar-refractivity contribution in [1.82, 2.24) is 10.3 Å². The van der Waals surface area contributed by atoms with E-state index in [9.17, 15) is 9.59 Å². The molecule has 0 bridgehead atoms. The summed E-state index contributed by atoms with van der Waals surface area (Å²) >= 11 is 3.34. The van der Waals surface area contributed by atoms with Gasteiger partial charge in [-0.25, -0.2) is 4.98 Å². The number of thiophene rings is 1. The predicted octanol–water partition coefficient (Wildman–Crippen LogP) is 4.83. The van der Waals surface area contributed by atoms with Crippen molar-refractivity contribution in [3.63, 3.8) is 0 Å². The minimum absolute atomic E-state index is 0.138. The summed E-state index contributed by atoms with van der Waals surface area (Å²) < 4.78 is 5.76. The molecular weight excluding hydrogens is 454 g/mol. The van der Waals surface area contributed by atoms with Crippen molar-refractivity contribution < 1.29 is 14.3 Å². The molecule has 4 rings (SSSR count). The number of para-hydroxylation sites is 1. The quantitative estimate of drug-likeness (QED) is 0.361. The van der Waals surface area contributed by atoms with Crippen molar-refractivity contribution >= 4 is 34.5 Å². The normalized spacial score (nSPS) is 10.7. The second-order valence-electron chi connectivity index (χ2n) is 7.37. The Morgan fingerprint density at radius 2 is 1.94 bits per heavy atom. The average Bonchev–Trinajstić information content (AvgIpc) is 3.47. The summed E-state index contributed by atoms with van der Waals surface area (Å²) in [6.45, 7) is 2.76. The Labute approximate surface area is 200 Å². The van der Waals surface area contributed by atoms with Crippen LogP contribution >= 0.6 is 22.7 Å². The van der Waals surface area contributed by atoms with Gasteiger partial charge < -0.3 is 15.8 Å². The van der Waals surface area contributed by atoms with Crippen LogP contribution in [-0.2, 0) is 13.0 Å². The van der Waals surface area contributed by atoms with E-state index in [1.165, 1.54) is 4.88 Å². The lowest BCUT2D eigenvalue weighted by atomic mass is 10.1. The van der Waals surface area contributed by atoms with E-state index in [1.54, 1.807) is 59.1 Å². The van der Waals surface area contributed by atoms with E-state index < -0.39 is 5.91 Å². The molecule has 0 aliphatic rings. The van der Waals surface area contributed by atoms with Crippen LogP contribution in [-0.4, -0.2) is 23.3 Å². The van der Waals surface area contributed by atoms with Crippen LogP contribution in [0, 0.1) is 6.92 Å². The molecule has 0 fully saturated rings. The van der Waals surface area contributed by atoms with E-state index in [2.05, 4.69) is 27.8 Å². The van der Waals surface area contributed by atoms with Crippen LogP contribution < -0.4 is 15.8 Å². The number of aromatic nitrogens is 1. The summed E-state index contributed by atoms with van der Waals surface area (Å²) in [7, 11) is 0. The summed E-state index contributed by atoms with van der Waals surface area (Å²) in [6.07, 6.45) is 0.756. The second kappa shape index (κ2) is 10.4. The van der Waals surface area contributed by atoms with Gasteiger partial charge >= 0.3 is 0 Å². The molecule has 0 saturated heterocycles. The fraction of sp³-hybridized carbons (Fsp3) is 0.160. The molecule has 2 aromatic carbocycles. The molecule has 6 nitrogen and oxygen atoms in total. The molecule has 0 radical (unpaired) electrons. The first-order chi connectivity index (χ1) is 16.0. The van der Waals surface area contributed by atoms with Crippen LogP contribution in [0.2, 0.25) is 0 Å². The summed E-state index contributed by atoms with van der Waals surface area (Å²) in [5.41, 5.74) is 8.11. The summed E-state index contributed by atoms with van der Waals surface area (Å²) in [5, 5.41) is 6.10. The number of benzene rings is 2. The molecule has 2 heterocycles. The SMILES string of the molecule is Cc1nc(-c2ccc(CCNC(=O)c3cccc(COc4ccccc4C(N)=O)c3)s2)cs1. The summed E-state index contributed by atoms with van der Waals surface area (Å²) in [4.78, 5) is 31.0. The van der Waals surface area contributed by atoms with Gasteiger partial charge in [-0.3, -0.25) is 9.59 Å². The maximum atomic E-state index is 12.6. The molecule has 33 heavy (non-hydrogen) atoms. The van der Waals surface area contributed by atoms with Crippen LogP contribution in [0.5, 0.6) is 5.75 Å². The van der Waals surface area contributed by atoms with E-state index in [1.807, 2.05) is 19.1 Å². The minimum Gasteiger partial charge on any atom is -0.488 e. The molecule has 0 atom stereocenters. The lowest BCUT2D eigenvalue weighted by Crippen LogP contribution is -2.25. The number of primary amides is 1. The van der Waals surface area contributed by atoms with Crippen molar-refractivity contribution in [2.45, 2.75) is 20.0 Å². The molecule has 168 valence electrons. The molecule has 2 amide bonds. The number of hydrogen-bond acceptors (Lipinski definition) is 6. The lowest BCUT2D eigenvalue weighted by molar-refractivity contribution is 0.0952. The van der Waals surface area contributed by atoms with Crippen LogP contribution in [0.1, 0.15) is 36.2 Å². The lowest BCUT2D eigenvalue weighted by Gasteiger charge is -2.10. The highest BCUT2D eigenvalue weighted by atomic mass is 32.1. The highest BCUT2D eigenvalue weighted by molar-refractivity contribution is 7.16. The van der Waals surface area contributed by atoms with Gasteiger partial charge in [-0.1, -0.05) is 24.3 Å². The molecule has 0 aliphatic heterocycles. The Balaban J connectivity index is 1.31. The third kappa shape index (κ3) is 5.85. The van der Waals surface area contributed by atoms with Crippen LogP contribution in [0.15, 0.2) is 66.0 Å². The Kier molecular flexibility index (Phi) is 7.16. The van der Waals surface area contributed by atoms with Gasteiger partial charge in [0.15, 0.2) is 0 Å². The molecule has 2 aromatic heterocycles. The third-order valence-electron chi connectivity index (χ3n) is 4.93. The maximum absolute atomic E-state index is 12.6. The first-order valence-electron chi connectivity index (χ1n) is 10.4. The summed E-state index contributed by atoms with van der Waals surface area (Å²) in [6, 6.07) is 18.2. The number of hydrogen-bond donors (Lipinski definition) is 2. The van der Waals surface area contributed by atoms with Crippen LogP contribution in [0.4, 0.5) is 0 Å². The average molecular weight is 478 g/mol. The number of nitrogens with zero attached hydrogens (tertiary/aromatic N) is 1. The molecule has 0 saturated carbocycles. The van der Waals surface area contributed by atoms with Crippen molar-refractivity contribution in [2.75, 3.05) is 6.54 Å². The number of amides is 2. The highest BCUT2D eigenvalue weighted by Gasteiger charge is 2.11. The van der Waals surface area contributed by atoms with Gasteiger partial charge in [0.1, 0.15) is 12.4 Å². The molecule has 3 N–H and O–H groups in total. The molecule has 8 heteroatoms. The Morgan fingerprint density at radius 3 is 2.73 bits per heavy atom. The third-order valence-corrected chi connectivity index (χ3v) is 6.87. The van der Waals surface area contributed by atoms with Crippen molar-refractivity contribution in [3.8, 4) is 16.3 Å². The number of nitrogens with two attached hydrogens (primary N) is 1. The standard InChI is InChI=1S/C25H23N3O3S2/c1-16-28-21(15-32-16)23-10-9-19(33-23)11-12-27-25(30)18-6-4-5-17(13-18)14-31-22-8-3-2-7-20(22)24(26)29/h2-10,13,15H,11-12,14H2,1H3,(H2,26,29)(H,27,30). The molecule has 4 aromatic rings. The van der Waals surface area contributed by atoms with Crippen molar-refractivity contribution in [2.24, 2.45) is 5.73 Å². The van der Waals surface area contributed by atoms with E-state index in [0.29, 0.717) is 23.4 Å². The zero-order valence-electron chi connectivity index (χ0n) is 18.0. The maximum Gasteiger partial charge on any atom is 0.252 e. The first-order valence-corrected chi connectivity index (χ1v) is 12.1. The smallest absolute Gasteiger partial charge is 0.252 e. The van der Waals surface area contributed by atoms with Crippen molar-refractivity contribution in [3.05, 3.63) is 92.6 Å². The van der Waals surface area contributed by atoms with E-state index in [0.717, 1.165) is 27.6 Å². The minimum atomic E-state index is -0.543. The number of carbonyl (C=O) groups excluding carboxylic acids is 2. The van der Waals surface area contributed by atoms with E-state index >= 15 is 0 Å². The molecular formula is C25H23N3O3S2. The van der Waals surface area contributed by atoms with Gasteiger partial charge in [-0.2, -0.15) is 0 Å². The van der Waals surface area contributed by atoms with Gasteiger partial charge in [0, 0.05) is 22.4 Å². The largest absolute Gasteiger partial charge is 0.488 e. The first kappa shape index (κ1) is 22.7. The van der Waals surface area contributed by atoms with Gasteiger partial charge in [-0.05, 0) is 55.3 Å². The second-order valence-corrected chi connectivity index (χ2v) is 9.60. The number of ether oxygens (including phenoxy) is 1. The van der Waals surface area contributed by atoms with Gasteiger partial charge in [0.25, 0.3) is 11.8 Å². The number of rotatable bonds is 9. The topological polar surface area (TPSA) is 94.3 Å². The molecule has 0 aliphatic carbocycles. The number of thiazole rings is 1. The Morgan fingerprint density at radius 1 is 1.09 bits per heavy atom. The number of aryl methyl sites for hydroxylation is 1. The Hall–Kier alpha value is -3.49. The monoisotopic (exact) mass is 477 g/mol. The zero-order valence-corrected chi connectivity index (χ0v) is 19.7. The van der Waals surface area contributed by atoms with E-state index in [4.69, 9.17) is 10.5 Å². The summed E-state index contributed by atoms with van der Waals surface area (Å²) in [5.74, 6) is -0.262. The van der Waals surface area contributed by atoms with Crippen LogP contribution in [0.3, 0.4) is 0 Å².